The molecule has 4 nitrogen and oxygen atoms in total. The summed E-state index contributed by atoms with van der Waals surface area (Å²) in [6, 6.07) is 16.0. The van der Waals surface area contributed by atoms with Crippen molar-refractivity contribution < 1.29 is 14.2 Å². The van der Waals surface area contributed by atoms with Crippen LogP contribution in [0.5, 0.6) is 0 Å². The second-order valence-corrected chi connectivity index (χ2v) is 7.74. The number of pyridine rings is 1. The van der Waals surface area contributed by atoms with Crippen molar-refractivity contribution in [2.75, 3.05) is 5.32 Å². The Morgan fingerprint density at radius 2 is 1.72 bits per heavy atom. The fourth-order valence-corrected chi connectivity index (χ4v) is 3.90. The molecule has 0 atom stereocenters. The number of rotatable bonds is 5. The molecule has 5 heteroatoms. The highest BCUT2D eigenvalue weighted by Crippen LogP contribution is 2.24. The molecule has 1 N–H and O–H groups in total. The number of nitrogens with zero attached hydrogens (tertiary/aromatic N) is 1. The Morgan fingerprint density at radius 3 is 2.52 bits per heavy atom. The highest BCUT2D eigenvalue weighted by molar-refractivity contribution is 6.31. The molecule has 146 valence electrons. The Labute approximate surface area is 175 Å². The Balaban J connectivity index is 1.53. The van der Waals surface area contributed by atoms with Gasteiger partial charge in [0.25, 0.3) is 5.91 Å². The predicted molar refractivity (Wildman–Crippen MR) is 113 cm³/mol. The standard InChI is InChI=1S/C24H21ClN2O2/c25-20-10-11-22(21(14-20)24(29)18-7-2-1-3-8-18)26-23(28)16-27-13-12-17-6-4-5-9-19(17)15-27/h1-3,7-8,10-15H,4-6,9,16H2/p+1. The molecule has 1 heterocycles. The average Bonchev–Trinajstić information content (AvgIpc) is 2.75. The number of halogens is 1. The quantitative estimate of drug-likeness (QED) is 0.506. The highest BCUT2D eigenvalue weighted by atomic mass is 35.5. The van der Waals surface area contributed by atoms with Crippen molar-refractivity contribution in [1.29, 1.82) is 0 Å². The van der Waals surface area contributed by atoms with Crippen LogP contribution < -0.4 is 9.88 Å². The number of amides is 1. The van der Waals surface area contributed by atoms with E-state index in [1.807, 2.05) is 29.0 Å². The van der Waals surface area contributed by atoms with E-state index in [4.69, 9.17) is 11.6 Å². The number of aromatic nitrogens is 1. The Morgan fingerprint density at radius 1 is 0.966 bits per heavy atom. The number of hydrogen-bond donors (Lipinski definition) is 1. The number of benzene rings is 2. The first-order valence-electron chi connectivity index (χ1n) is 9.80. The first kappa shape index (κ1) is 19.3. The third-order valence-corrected chi connectivity index (χ3v) is 5.44. The van der Waals surface area contributed by atoms with E-state index in [0.717, 1.165) is 12.8 Å². The van der Waals surface area contributed by atoms with Gasteiger partial charge in [-0.3, -0.25) is 9.59 Å². The number of carbonyl (C=O) groups is 2. The molecule has 1 aliphatic rings. The zero-order valence-electron chi connectivity index (χ0n) is 16.0. The third-order valence-electron chi connectivity index (χ3n) is 5.21. The van der Waals surface area contributed by atoms with Gasteiger partial charge in [-0.05, 0) is 49.4 Å². The summed E-state index contributed by atoms with van der Waals surface area (Å²) in [6.07, 6.45) is 8.60. The van der Waals surface area contributed by atoms with Crippen LogP contribution >= 0.6 is 11.6 Å². The van der Waals surface area contributed by atoms with E-state index in [0.29, 0.717) is 21.8 Å². The minimum absolute atomic E-state index is 0.176. The molecule has 2 aromatic carbocycles. The largest absolute Gasteiger partial charge is 0.320 e. The smallest absolute Gasteiger partial charge is 0.290 e. The monoisotopic (exact) mass is 405 g/mol. The van der Waals surface area contributed by atoms with Gasteiger partial charge in [-0.25, -0.2) is 0 Å². The summed E-state index contributed by atoms with van der Waals surface area (Å²) in [5.74, 6) is -0.361. The van der Waals surface area contributed by atoms with Gasteiger partial charge in [0.05, 0.1) is 5.69 Å². The van der Waals surface area contributed by atoms with Crippen LogP contribution in [0.15, 0.2) is 67.0 Å². The van der Waals surface area contributed by atoms with Gasteiger partial charge in [-0.15, -0.1) is 0 Å². The van der Waals surface area contributed by atoms with Crippen LogP contribution in [0.25, 0.3) is 0 Å². The van der Waals surface area contributed by atoms with Gasteiger partial charge in [0.15, 0.2) is 18.2 Å². The van der Waals surface area contributed by atoms with Crippen LogP contribution in [0, 0.1) is 0 Å². The number of hydrogen-bond acceptors (Lipinski definition) is 2. The van der Waals surface area contributed by atoms with Crippen molar-refractivity contribution >= 4 is 29.0 Å². The summed E-state index contributed by atoms with van der Waals surface area (Å²) in [5, 5.41) is 3.33. The molecule has 0 fully saturated rings. The summed E-state index contributed by atoms with van der Waals surface area (Å²) in [6.45, 7) is 0.189. The molecule has 0 bridgehead atoms. The van der Waals surface area contributed by atoms with E-state index >= 15 is 0 Å². The highest BCUT2D eigenvalue weighted by Gasteiger charge is 2.19. The van der Waals surface area contributed by atoms with Crippen molar-refractivity contribution in [2.24, 2.45) is 0 Å². The molecule has 0 unspecified atom stereocenters. The van der Waals surface area contributed by atoms with E-state index in [1.165, 1.54) is 24.0 Å². The maximum Gasteiger partial charge on any atom is 0.290 e. The van der Waals surface area contributed by atoms with Crippen molar-refractivity contribution in [3.8, 4) is 0 Å². The van der Waals surface area contributed by atoms with Crippen LogP contribution in [0.2, 0.25) is 5.02 Å². The number of fused-ring (bicyclic) bond motifs is 1. The van der Waals surface area contributed by atoms with Gasteiger partial charge >= 0.3 is 0 Å². The number of carbonyl (C=O) groups excluding carboxylic acids is 2. The van der Waals surface area contributed by atoms with Crippen LogP contribution in [-0.4, -0.2) is 11.7 Å². The fraction of sp³-hybridized carbons (Fsp3) is 0.208. The number of nitrogens with one attached hydrogen (secondary N) is 1. The van der Waals surface area contributed by atoms with Crippen LogP contribution in [-0.2, 0) is 24.2 Å². The van der Waals surface area contributed by atoms with E-state index in [-0.39, 0.29) is 18.2 Å². The SMILES string of the molecule is O=C(C[n+]1ccc2c(c1)CCCC2)Nc1ccc(Cl)cc1C(=O)c1ccccc1. The van der Waals surface area contributed by atoms with Crippen LogP contribution in [0.3, 0.4) is 0 Å². The molecule has 3 aromatic rings. The third kappa shape index (κ3) is 4.54. The van der Waals surface area contributed by atoms with Gasteiger partial charge < -0.3 is 5.32 Å². The molecule has 0 saturated carbocycles. The normalized spacial score (nSPS) is 12.9. The fourth-order valence-electron chi connectivity index (χ4n) is 3.73. The second kappa shape index (κ2) is 8.58. The van der Waals surface area contributed by atoms with Crippen LogP contribution in [0.4, 0.5) is 5.69 Å². The molecule has 0 aliphatic heterocycles. The average molecular weight is 406 g/mol. The van der Waals surface area contributed by atoms with Gasteiger partial charge in [0.1, 0.15) is 0 Å². The first-order valence-corrected chi connectivity index (χ1v) is 10.2. The summed E-state index contributed by atoms with van der Waals surface area (Å²) in [4.78, 5) is 25.6. The molecule has 1 amide bonds. The van der Waals surface area contributed by atoms with Crippen LogP contribution in [0.1, 0.15) is 39.9 Å². The Bertz CT molecular complexity index is 1060. The summed E-state index contributed by atoms with van der Waals surface area (Å²) < 4.78 is 1.90. The summed E-state index contributed by atoms with van der Waals surface area (Å²) in [5.41, 5.74) is 4.09. The lowest BCUT2D eigenvalue weighted by molar-refractivity contribution is -0.684. The van der Waals surface area contributed by atoms with E-state index in [2.05, 4.69) is 17.6 Å². The zero-order valence-corrected chi connectivity index (χ0v) is 16.8. The maximum absolute atomic E-state index is 12.9. The van der Waals surface area contributed by atoms with Crippen molar-refractivity contribution in [1.82, 2.24) is 0 Å². The van der Waals surface area contributed by atoms with Crippen molar-refractivity contribution in [2.45, 2.75) is 32.2 Å². The first-order chi connectivity index (χ1) is 14.1. The van der Waals surface area contributed by atoms with Gasteiger partial charge in [-0.1, -0.05) is 41.9 Å². The van der Waals surface area contributed by atoms with Gasteiger partial charge in [-0.2, -0.15) is 4.57 Å². The minimum Gasteiger partial charge on any atom is -0.320 e. The van der Waals surface area contributed by atoms with E-state index in [1.54, 1.807) is 30.3 Å². The predicted octanol–water partition coefficient (Wildman–Crippen LogP) is 4.38. The second-order valence-electron chi connectivity index (χ2n) is 7.31. The molecular weight excluding hydrogens is 384 g/mol. The molecule has 1 aliphatic carbocycles. The number of anilines is 1. The molecule has 1 aromatic heterocycles. The summed E-state index contributed by atoms with van der Waals surface area (Å²) >= 11 is 6.11. The lowest BCUT2D eigenvalue weighted by Gasteiger charge is -2.13. The molecule has 29 heavy (non-hydrogen) atoms. The van der Waals surface area contributed by atoms with E-state index in [9.17, 15) is 9.59 Å². The molecule has 0 spiro atoms. The molecule has 4 rings (SSSR count). The lowest BCUT2D eigenvalue weighted by atomic mass is 9.93. The maximum atomic E-state index is 12.9. The van der Waals surface area contributed by atoms with E-state index < -0.39 is 0 Å². The Hall–Kier alpha value is -2.98. The number of ketones is 1. The Kier molecular flexibility index (Phi) is 5.72. The molecule has 0 radical (unpaired) electrons. The van der Waals surface area contributed by atoms with Crippen molar-refractivity contribution in [3.05, 3.63) is 94.3 Å². The number of aryl methyl sites for hydroxylation is 2. The molecular formula is C24H22ClN2O2+. The topological polar surface area (TPSA) is 50.0 Å². The zero-order chi connectivity index (χ0) is 20.2. The summed E-state index contributed by atoms with van der Waals surface area (Å²) in [7, 11) is 0. The lowest BCUT2D eigenvalue weighted by Crippen LogP contribution is -2.40. The minimum atomic E-state index is -0.185. The molecule has 0 saturated heterocycles. The van der Waals surface area contributed by atoms with Crippen molar-refractivity contribution in [3.63, 3.8) is 0 Å². The van der Waals surface area contributed by atoms with Gasteiger partial charge in [0, 0.05) is 27.8 Å². The van der Waals surface area contributed by atoms with Gasteiger partial charge in [0.2, 0.25) is 6.54 Å².